The Labute approximate surface area is 105 Å². The van der Waals surface area contributed by atoms with Gasteiger partial charge in [0.15, 0.2) is 0 Å². The van der Waals surface area contributed by atoms with Gasteiger partial charge in [0.1, 0.15) is 17.1 Å². The number of hydrogen-bond donors (Lipinski definition) is 1. The quantitative estimate of drug-likeness (QED) is 0.893. The molecule has 2 rings (SSSR count). The number of rotatable bonds is 3. The second kappa shape index (κ2) is 5.35. The van der Waals surface area contributed by atoms with Gasteiger partial charge in [0, 0.05) is 20.2 Å². The van der Waals surface area contributed by atoms with E-state index < -0.39 is 11.7 Å². The summed E-state index contributed by atoms with van der Waals surface area (Å²) in [5.41, 5.74) is -0.280. The Kier molecular flexibility index (Phi) is 3.81. The molecule has 4 nitrogen and oxygen atoms in total. The van der Waals surface area contributed by atoms with Gasteiger partial charge in [-0.2, -0.15) is 0 Å². The number of carbonyl (C=O) groups is 1. The molecule has 0 spiro atoms. The van der Waals surface area contributed by atoms with Crippen molar-refractivity contribution in [2.24, 2.45) is 0 Å². The number of benzene rings is 1. The molecule has 98 valence electrons. The molecule has 1 atom stereocenters. The number of hydrogen-bond acceptors (Lipinski definition) is 3. The van der Waals surface area contributed by atoms with Crippen LogP contribution in [-0.4, -0.2) is 42.2 Å². The summed E-state index contributed by atoms with van der Waals surface area (Å²) in [7, 11) is 1.58. The van der Waals surface area contributed by atoms with E-state index in [-0.39, 0.29) is 17.4 Å². The van der Waals surface area contributed by atoms with Gasteiger partial charge in [-0.3, -0.25) is 4.79 Å². The van der Waals surface area contributed by atoms with Crippen molar-refractivity contribution in [3.63, 3.8) is 0 Å². The van der Waals surface area contributed by atoms with Crippen LogP contribution in [0.15, 0.2) is 18.2 Å². The number of amides is 1. The highest BCUT2D eigenvalue weighted by atomic mass is 19.1. The Bertz CT molecular complexity index is 424. The molecule has 5 heteroatoms. The van der Waals surface area contributed by atoms with Crippen LogP contribution in [0.5, 0.6) is 5.75 Å². The van der Waals surface area contributed by atoms with Gasteiger partial charge in [-0.1, -0.05) is 6.07 Å². The molecule has 1 heterocycles. The Morgan fingerprint density at radius 3 is 3.00 bits per heavy atom. The van der Waals surface area contributed by atoms with Gasteiger partial charge in [-0.25, -0.2) is 4.39 Å². The number of ether oxygens (including phenoxy) is 1. The van der Waals surface area contributed by atoms with Crippen LogP contribution in [0.2, 0.25) is 0 Å². The number of carbonyl (C=O) groups excluding carboxylic acids is 1. The van der Waals surface area contributed by atoms with Gasteiger partial charge in [0.2, 0.25) is 0 Å². The Hall–Kier alpha value is -1.62. The fraction of sp³-hybridized carbons (Fsp3) is 0.462. The fourth-order valence-electron chi connectivity index (χ4n) is 2.09. The number of phenols is 1. The first-order valence-corrected chi connectivity index (χ1v) is 5.94. The summed E-state index contributed by atoms with van der Waals surface area (Å²) in [5, 5.41) is 9.55. The minimum absolute atomic E-state index is 0.00728. The minimum Gasteiger partial charge on any atom is -0.507 e. The lowest BCUT2D eigenvalue weighted by Gasteiger charge is -2.21. The highest BCUT2D eigenvalue weighted by molar-refractivity contribution is 5.96. The van der Waals surface area contributed by atoms with Gasteiger partial charge in [-0.05, 0) is 25.0 Å². The largest absolute Gasteiger partial charge is 0.507 e. The fourth-order valence-corrected chi connectivity index (χ4v) is 2.09. The van der Waals surface area contributed by atoms with E-state index in [0.717, 1.165) is 18.9 Å². The summed E-state index contributed by atoms with van der Waals surface area (Å²) in [6.45, 7) is 1.12. The third-order valence-corrected chi connectivity index (χ3v) is 3.05. The minimum atomic E-state index is -0.709. The van der Waals surface area contributed by atoms with Crippen molar-refractivity contribution < 1.29 is 19.0 Å². The maximum Gasteiger partial charge on any atom is 0.260 e. The average molecular weight is 253 g/mol. The van der Waals surface area contributed by atoms with E-state index in [1.165, 1.54) is 17.0 Å². The molecule has 0 bridgehead atoms. The molecule has 18 heavy (non-hydrogen) atoms. The molecule has 0 radical (unpaired) electrons. The number of halogens is 1. The summed E-state index contributed by atoms with van der Waals surface area (Å²) in [5.74, 6) is -1.57. The third kappa shape index (κ3) is 2.61. The second-order valence-corrected chi connectivity index (χ2v) is 4.45. The van der Waals surface area contributed by atoms with Gasteiger partial charge < -0.3 is 14.7 Å². The molecule has 1 amide bonds. The van der Waals surface area contributed by atoms with Crippen LogP contribution in [0.4, 0.5) is 4.39 Å². The molecule has 1 aliphatic rings. The molecule has 0 aromatic heterocycles. The van der Waals surface area contributed by atoms with Crippen molar-refractivity contribution in [2.45, 2.75) is 18.9 Å². The van der Waals surface area contributed by atoms with E-state index in [4.69, 9.17) is 4.74 Å². The van der Waals surface area contributed by atoms with Gasteiger partial charge in [0.05, 0.1) is 6.10 Å². The SMILES string of the molecule is CN(CC1CCCO1)C(=O)c1c(O)cccc1F. The standard InChI is InChI=1S/C13H16FNO3/c1-15(8-9-4-3-7-18-9)13(17)12-10(14)5-2-6-11(12)16/h2,5-6,9,16H,3-4,7-8H2,1H3. The van der Waals surface area contributed by atoms with Crippen molar-refractivity contribution in [3.8, 4) is 5.75 Å². The van der Waals surface area contributed by atoms with Crippen molar-refractivity contribution >= 4 is 5.91 Å². The summed E-state index contributed by atoms with van der Waals surface area (Å²) < 4.78 is 19.0. The molecule has 1 aromatic carbocycles. The van der Waals surface area contributed by atoms with E-state index in [2.05, 4.69) is 0 Å². The van der Waals surface area contributed by atoms with Crippen LogP contribution >= 0.6 is 0 Å². The van der Waals surface area contributed by atoms with E-state index in [1.54, 1.807) is 7.05 Å². The van der Waals surface area contributed by atoms with Crippen LogP contribution < -0.4 is 0 Å². The normalized spacial score (nSPS) is 18.9. The second-order valence-electron chi connectivity index (χ2n) is 4.45. The van der Waals surface area contributed by atoms with Crippen LogP contribution in [-0.2, 0) is 4.74 Å². The average Bonchev–Trinajstić information content (AvgIpc) is 2.81. The number of likely N-dealkylation sites (N-methyl/N-ethyl adjacent to an activating group) is 1. The van der Waals surface area contributed by atoms with Crippen LogP contribution in [0, 0.1) is 5.82 Å². The lowest BCUT2D eigenvalue weighted by Crippen LogP contribution is -2.34. The Balaban J connectivity index is 2.10. The van der Waals surface area contributed by atoms with E-state index in [9.17, 15) is 14.3 Å². The number of nitrogens with zero attached hydrogens (tertiary/aromatic N) is 1. The van der Waals surface area contributed by atoms with Crippen molar-refractivity contribution in [1.29, 1.82) is 0 Å². The molecule has 1 N–H and O–H groups in total. The molecule has 1 aliphatic heterocycles. The highest BCUT2D eigenvalue weighted by Gasteiger charge is 2.24. The van der Waals surface area contributed by atoms with Crippen molar-refractivity contribution in [2.75, 3.05) is 20.2 Å². The maximum atomic E-state index is 13.5. The monoisotopic (exact) mass is 253 g/mol. The van der Waals surface area contributed by atoms with Gasteiger partial charge in [-0.15, -0.1) is 0 Å². The van der Waals surface area contributed by atoms with Crippen molar-refractivity contribution in [1.82, 2.24) is 4.90 Å². The Morgan fingerprint density at radius 2 is 2.39 bits per heavy atom. The lowest BCUT2D eigenvalue weighted by molar-refractivity contribution is 0.0581. The van der Waals surface area contributed by atoms with Crippen molar-refractivity contribution in [3.05, 3.63) is 29.6 Å². The van der Waals surface area contributed by atoms with E-state index in [1.807, 2.05) is 0 Å². The van der Waals surface area contributed by atoms with Crippen LogP contribution in [0.1, 0.15) is 23.2 Å². The van der Waals surface area contributed by atoms with Gasteiger partial charge >= 0.3 is 0 Å². The first-order valence-electron chi connectivity index (χ1n) is 5.94. The third-order valence-electron chi connectivity index (χ3n) is 3.05. The number of aromatic hydroxyl groups is 1. The van der Waals surface area contributed by atoms with E-state index >= 15 is 0 Å². The van der Waals surface area contributed by atoms with E-state index in [0.29, 0.717) is 13.2 Å². The van der Waals surface area contributed by atoms with Crippen LogP contribution in [0.25, 0.3) is 0 Å². The molecule has 1 unspecified atom stereocenters. The lowest BCUT2D eigenvalue weighted by atomic mass is 10.1. The molecule has 0 saturated carbocycles. The predicted octanol–water partition coefficient (Wildman–Crippen LogP) is 1.78. The first kappa shape index (κ1) is 12.8. The summed E-state index contributed by atoms with van der Waals surface area (Å²) in [6, 6.07) is 3.82. The first-order chi connectivity index (χ1) is 8.59. The molecule has 1 saturated heterocycles. The summed E-state index contributed by atoms with van der Waals surface area (Å²) >= 11 is 0. The highest BCUT2D eigenvalue weighted by Crippen LogP contribution is 2.22. The predicted molar refractivity (Wildman–Crippen MR) is 64.0 cm³/mol. The molecular weight excluding hydrogens is 237 g/mol. The maximum absolute atomic E-state index is 13.5. The number of phenolic OH excluding ortho intramolecular Hbond substituents is 1. The zero-order valence-corrected chi connectivity index (χ0v) is 10.2. The Morgan fingerprint density at radius 1 is 1.61 bits per heavy atom. The summed E-state index contributed by atoms with van der Waals surface area (Å²) in [4.78, 5) is 13.4. The van der Waals surface area contributed by atoms with Crippen LogP contribution in [0.3, 0.4) is 0 Å². The molecule has 1 fully saturated rings. The molecular formula is C13H16FNO3. The summed E-state index contributed by atoms with van der Waals surface area (Å²) in [6.07, 6.45) is 1.89. The van der Waals surface area contributed by atoms with Gasteiger partial charge in [0.25, 0.3) is 5.91 Å². The molecule has 1 aromatic rings. The molecule has 0 aliphatic carbocycles. The zero-order chi connectivity index (χ0) is 13.1. The zero-order valence-electron chi connectivity index (χ0n) is 10.2. The smallest absolute Gasteiger partial charge is 0.260 e. The topological polar surface area (TPSA) is 49.8 Å².